The highest BCUT2D eigenvalue weighted by molar-refractivity contribution is 8.26. The molecule has 0 saturated carbocycles. The van der Waals surface area contributed by atoms with Crippen LogP contribution < -0.4 is 4.90 Å². The highest BCUT2D eigenvalue weighted by atomic mass is 32.2. The number of nitrogens with zero attached hydrogens (tertiary/aromatic N) is 2. The first kappa shape index (κ1) is 16.6. The quantitative estimate of drug-likeness (QED) is 0.603. The maximum atomic E-state index is 12.5. The van der Waals surface area contributed by atoms with Crippen LogP contribution in [-0.4, -0.2) is 34.8 Å². The summed E-state index contributed by atoms with van der Waals surface area (Å²) in [5, 5.41) is 0. The van der Waals surface area contributed by atoms with E-state index in [2.05, 4.69) is 18.7 Å². The van der Waals surface area contributed by atoms with Crippen LogP contribution in [0.5, 0.6) is 0 Å². The number of thioether (sulfide) groups is 1. The molecule has 0 aromatic carbocycles. The molecule has 0 spiro atoms. The number of hydrogen-bond donors (Lipinski definition) is 0. The fourth-order valence-electron chi connectivity index (χ4n) is 2.86. The summed E-state index contributed by atoms with van der Waals surface area (Å²) in [6, 6.07) is 3.92. The molecular weight excluding hydrogens is 328 g/mol. The van der Waals surface area contributed by atoms with Gasteiger partial charge < -0.3 is 9.32 Å². The number of carbonyl (C=O) groups is 1. The van der Waals surface area contributed by atoms with E-state index in [4.69, 9.17) is 16.6 Å². The van der Waals surface area contributed by atoms with Gasteiger partial charge in [-0.2, -0.15) is 0 Å². The van der Waals surface area contributed by atoms with Crippen LogP contribution in [-0.2, 0) is 4.79 Å². The molecule has 0 unspecified atom stereocenters. The van der Waals surface area contributed by atoms with Crippen molar-refractivity contribution in [2.45, 2.75) is 33.1 Å². The molecule has 23 heavy (non-hydrogen) atoms. The predicted octanol–water partition coefficient (Wildman–Crippen LogP) is 4.13. The molecule has 1 amide bonds. The summed E-state index contributed by atoms with van der Waals surface area (Å²) in [4.78, 5) is 17.1. The zero-order valence-electron chi connectivity index (χ0n) is 13.6. The van der Waals surface area contributed by atoms with Gasteiger partial charge in [0, 0.05) is 31.8 Å². The van der Waals surface area contributed by atoms with Gasteiger partial charge in [0.2, 0.25) is 0 Å². The van der Waals surface area contributed by atoms with Gasteiger partial charge in [0.15, 0.2) is 5.88 Å². The molecule has 1 aromatic rings. The van der Waals surface area contributed by atoms with Crippen LogP contribution in [0.1, 0.15) is 38.9 Å². The first-order chi connectivity index (χ1) is 11.0. The fraction of sp³-hybridized carbons (Fsp3) is 0.529. The number of furan rings is 1. The average molecular weight is 351 g/mol. The molecule has 0 bridgehead atoms. The second-order valence-electron chi connectivity index (χ2n) is 6.41. The van der Waals surface area contributed by atoms with Gasteiger partial charge in [-0.25, -0.2) is 0 Å². The van der Waals surface area contributed by atoms with Crippen LogP contribution in [0.25, 0.3) is 6.08 Å². The van der Waals surface area contributed by atoms with E-state index in [1.54, 1.807) is 4.90 Å². The summed E-state index contributed by atoms with van der Waals surface area (Å²) in [6.07, 6.45) is 5.53. The largest absolute Gasteiger partial charge is 0.441 e. The molecular formula is C17H22N2O2S2. The van der Waals surface area contributed by atoms with Gasteiger partial charge in [0.1, 0.15) is 10.1 Å². The Labute approximate surface area is 146 Å². The van der Waals surface area contributed by atoms with E-state index in [9.17, 15) is 4.79 Å². The van der Waals surface area contributed by atoms with Crippen molar-refractivity contribution < 1.29 is 9.21 Å². The van der Waals surface area contributed by atoms with Crippen LogP contribution in [0.3, 0.4) is 0 Å². The van der Waals surface area contributed by atoms with E-state index in [-0.39, 0.29) is 5.91 Å². The Bertz CT molecular complexity index is 630. The molecule has 0 radical (unpaired) electrons. The molecule has 4 nitrogen and oxygen atoms in total. The van der Waals surface area contributed by atoms with Crippen LogP contribution in [0, 0.1) is 5.92 Å². The monoisotopic (exact) mass is 350 g/mol. The van der Waals surface area contributed by atoms with E-state index >= 15 is 0 Å². The molecule has 2 aliphatic heterocycles. The normalized spacial score (nSPS) is 21.1. The van der Waals surface area contributed by atoms with Crippen LogP contribution >= 0.6 is 24.0 Å². The standard InChI is InChI=1S/C17H22N2O2S2/c1-12(2)11-19-16(20)14(23-17(19)22)10-13-6-7-15(21-13)18-8-4-3-5-9-18/h6-7,10,12H,3-5,8-9,11H2,1-2H3/b14-10-. The van der Waals surface area contributed by atoms with E-state index in [0.717, 1.165) is 24.7 Å². The number of anilines is 1. The van der Waals surface area contributed by atoms with Crippen molar-refractivity contribution in [1.29, 1.82) is 0 Å². The van der Waals surface area contributed by atoms with Gasteiger partial charge >= 0.3 is 0 Å². The van der Waals surface area contributed by atoms with Crippen molar-refractivity contribution in [2.24, 2.45) is 5.92 Å². The third-order valence-electron chi connectivity index (χ3n) is 3.97. The lowest BCUT2D eigenvalue weighted by molar-refractivity contribution is -0.122. The summed E-state index contributed by atoms with van der Waals surface area (Å²) < 4.78 is 6.54. The topological polar surface area (TPSA) is 36.7 Å². The molecule has 0 atom stereocenters. The highest BCUT2D eigenvalue weighted by Gasteiger charge is 2.32. The first-order valence-electron chi connectivity index (χ1n) is 8.15. The molecule has 3 rings (SSSR count). The molecule has 124 valence electrons. The molecule has 3 heterocycles. The predicted molar refractivity (Wildman–Crippen MR) is 99.5 cm³/mol. The summed E-state index contributed by atoms with van der Waals surface area (Å²) in [6.45, 7) is 6.92. The molecule has 6 heteroatoms. The van der Waals surface area contributed by atoms with E-state index in [0.29, 0.717) is 21.7 Å². The minimum absolute atomic E-state index is 0.00961. The average Bonchev–Trinajstić information content (AvgIpc) is 3.09. The number of carbonyl (C=O) groups excluding carboxylic acids is 1. The summed E-state index contributed by atoms with van der Waals surface area (Å²) in [5.41, 5.74) is 0. The Kier molecular flexibility index (Phi) is 5.11. The minimum atomic E-state index is -0.00961. The summed E-state index contributed by atoms with van der Waals surface area (Å²) >= 11 is 6.68. The molecule has 2 aliphatic rings. The number of piperidine rings is 1. The van der Waals surface area contributed by atoms with Crippen LogP contribution in [0.4, 0.5) is 5.88 Å². The fourth-order valence-corrected chi connectivity index (χ4v) is 4.11. The Morgan fingerprint density at radius 1 is 1.30 bits per heavy atom. The molecule has 2 saturated heterocycles. The maximum Gasteiger partial charge on any atom is 0.266 e. The number of hydrogen-bond acceptors (Lipinski definition) is 5. The Balaban J connectivity index is 1.73. The van der Waals surface area contributed by atoms with Crippen molar-refractivity contribution in [3.63, 3.8) is 0 Å². The number of thiocarbonyl (C=S) groups is 1. The van der Waals surface area contributed by atoms with Crippen LogP contribution in [0.2, 0.25) is 0 Å². The van der Waals surface area contributed by atoms with Crippen LogP contribution in [0.15, 0.2) is 21.5 Å². The van der Waals surface area contributed by atoms with Gasteiger partial charge in [0.25, 0.3) is 5.91 Å². The number of rotatable bonds is 4. The third kappa shape index (κ3) is 3.80. The van der Waals surface area contributed by atoms with Gasteiger partial charge in [-0.05, 0) is 31.2 Å². The highest BCUT2D eigenvalue weighted by Crippen LogP contribution is 2.34. The first-order valence-corrected chi connectivity index (χ1v) is 9.37. The van der Waals surface area contributed by atoms with Crippen molar-refractivity contribution in [3.8, 4) is 0 Å². The maximum absolute atomic E-state index is 12.5. The lowest BCUT2D eigenvalue weighted by Gasteiger charge is -2.25. The zero-order valence-corrected chi connectivity index (χ0v) is 15.2. The molecule has 2 fully saturated rings. The second-order valence-corrected chi connectivity index (χ2v) is 8.09. The van der Waals surface area contributed by atoms with Gasteiger partial charge in [-0.15, -0.1) is 0 Å². The zero-order chi connectivity index (χ0) is 16.4. The van der Waals surface area contributed by atoms with Crippen molar-refractivity contribution in [3.05, 3.63) is 22.8 Å². The van der Waals surface area contributed by atoms with E-state index in [1.165, 1.54) is 31.0 Å². The third-order valence-corrected chi connectivity index (χ3v) is 5.35. The SMILES string of the molecule is CC(C)CN1C(=O)/C(=C/c2ccc(N3CCCCC3)o2)SC1=S. The molecule has 0 aliphatic carbocycles. The van der Waals surface area contributed by atoms with Crippen molar-refractivity contribution >= 4 is 46.2 Å². The summed E-state index contributed by atoms with van der Waals surface area (Å²) in [7, 11) is 0. The lowest BCUT2D eigenvalue weighted by Crippen LogP contribution is -2.31. The van der Waals surface area contributed by atoms with Gasteiger partial charge in [-0.1, -0.05) is 37.8 Å². The van der Waals surface area contributed by atoms with Crippen molar-refractivity contribution in [2.75, 3.05) is 24.5 Å². The lowest BCUT2D eigenvalue weighted by atomic mass is 10.1. The van der Waals surface area contributed by atoms with E-state index < -0.39 is 0 Å². The Morgan fingerprint density at radius 2 is 2.04 bits per heavy atom. The number of amides is 1. The van der Waals surface area contributed by atoms with E-state index in [1.807, 2.05) is 18.2 Å². The Morgan fingerprint density at radius 3 is 2.74 bits per heavy atom. The second kappa shape index (κ2) is 7.09. The molecule has 0 N–H and O–H groups in total. The Hall–Kier alpha value is -1.27. The van der Waals surface area contributed by atoms with Crippen molar-refractivity contribution in [1.82, 2.24) is 4.90 Å². The molecule has 1 aromatic heterocycles. The summed E-state index contributed by atoms with van der Waals surface area (Å²) in [5.74, 6) is 2.00. The van der Waals surface area contributed by atoms with Gasteiger partial charge in [0.05, 0.1) is 4.91 Å². The minimum Gasteiger partial charge on any atom is -0.441 e. The van der Waals surface area contributed by atoms with Gasteiger partial charge in [-0.3, -0.25) is 9.69 Å². The smallest absolute Gasteiger partial charge is 0.266 e.